The van der Waals surface area contributed by atoms with Crippen LogP contribution in [-0.4, -0.2) is 39.6 Å². The number of hydrogen-bond donors (Lipinski definition) is 0. The van der Waals surface area contributed by atoms with Crippen molar-refractivity contribution in [3.63, 3.8) is 0 Å². The first-order valence-corrected chi connectivity index (χ1v) is 9.50. The van der Waals surface area contributed by atoms with E-state index in [1.54, 1.807) is 24.5 Å². The molecular weight excluding hydrogens is 334 g/mol. The van der Waals surface area contributed by atoms with Crippen LogP contribution in [0.4, 0.5) is 0 Å². The number of aromatic nitrogens is 2. The molecule has 1 atom stereocenters. The zero-order chi connectivity index (χ0) is 18.0. The molecular formula is C19H23N3O2S. The van der Waals surface area contributed by atoms with Crippen LogP contribution >= 0.6 is 11.3 Å². The zero-order valence-corrected chi connectivity index (χ0v) is 15.7. The van der Waals surface area contributed by atoms with E-state index in [-0.39, 0.29) is 17.6 Å². The highest BCUT2D eigenvalue weighted by Crippen LogP contribution is 2.28. The Bertz CT molecular complexity index is 770. The van der Waals surface area contributed by atoms with E-state index >= 15 is 0 Å². The average Bonchev–Trinajstić information content (AvgIpc) is 3.03. The van der Waals surface area contributed by atoms with Crippen molar-refractivity contribution in [2.45, 2.75) is 39.5 Å². The summed E-state index contributed by atoms with van der Waals surface area (Å²) in [5, 5.41) is 0.987. The van der Waals surface area contributed by atoms with Gasteiger partial charge >= 0.3 is 0 Å². The number of carbonyl (C=O) groups is 2. The number of thiazole rings is 1. The minimum atomic E-state index is -0.153. The molecule has 5 nitrogen and oxygen atoms in total. The van der Waals surface area contributed by atoms with Crippen molar-refractivity contribution in [3.8, 4) is 0 Å². The van der Waals surface area contributed by atoms with Gasteiger partial charge in [-0.15, -0.1) is 11.3 Å². The summed E-state index contributed by atoms with van der Waals surface area (Å²) in [7, 11) is 0. The fraction of sp³-hybridized carbons (Fsp3) is 0.474. The molecule has 1 aliphatic heterocycles. The first kappa shape index (κ1) is 17.7. The molecule has 0 N–H and O–H groups in total. The maximum absolute atomic E-state index is 12.9. The summed E-state index contributed by atoms with van der Waals surface area (Å²) >= 11 is 1.48. The summed E-state index contributed by atoms with van der Waals surface area (Å²) in [5.41, 5.74) is 1.41. The molecule has 0 aromatic carbocycles. The third-order valence-corrected chi connectivity index (χ3v) is 5.97. The van der Waals surface area contributed by atoms with E-state index in [2.05, 4.69) is 23.8 Å². The van der Waals surface area contributed by atoms with Gasteiger partial charge < -0.3 is 4.90 Å². The van der Waals surface area contributed by atoms with Crippen molar-refractivity contribution in [1.82, 2.24) is 14.9 Å². The van der Waals surface area contributed by atoms with Crippen molar-refractivity contribution in [1.29, 1.82) is 0 Å². The molecule has 1 aliphatic rings. The molecule has 0 radical (unpaired) electrons. The first-order valence-electron chi connectivity index (χ1n) is 8.68. The lowest BCUT2D eigenvalue weighted by molar-refractivity contribution is 0.0640. The number of amides is 1. The number of hydrogen-bond acceptors (Lipinski definition) is 5. The summed E-state index contributed by atoms with van der Waals surface area (Å²) in [4.78, 5) is 36.7. The van der Waals surface area contributed by atoms with E-state index in [0.717, 1.165) is 23.5 Å². The Morgan fingerprint density at radius 1 is 1.36 bits per heavy atom. The van der Waals surface area contributed by atoms with Crippen LogP contribution < -0.4 is 0 Å². The normalized spacial score (nSPS) is 17.8. The molecule has 0 saturated carbocycles. The van der Waals surface area contributed by atoms with E-state index in [1.807, 2.05) is 11.8 Å². The molecule has 1 fully saturated rings. The van der Waals surface area contributed by atoms with Crippen LogP contribution in [-0.2, 0) is 0 Å². The number of pyridine rings is 1. The molecule has 3 rings (SSSR count). The number of rotatable bonds is 4. The zero-order valence-electron chi connectivity index (χ0n) is 14.9. The second kappa shape index (κ2) is 7.44. The van der Waals surface area contributed by atoms with Gasteiger partial charge in [-0.1, -0.05) is 13.8 Å². The quantitative estimate of drug-likeness (QED) is 0.783. The predicted octanol–water partition coefficient (Wildman–Crippen LogP) is 3.71. The van der Waals surface area contributed by atoms with Crippen molar-refractivity contribution < 1.29 is 9.59 Å². The van der Waals surface area contributed by atoms with E-state index in [4.69, 9.17) is 0 Å². The van der Waals surface area contributed by atoms with E-state index in [9.17, 15) is 9.59 Å². The molecule has 1 amide bonds. The minimum Gasteiger partial charge on any atom is -0.337 e. The molecule has 2 aromatic heterocycles. The summed E-state index contributed by atoms with van der Waals surface area (Å²) in [6, 6.07) is 3.56. The third kappa shape index (κ3) is 3.79. The highest BCUT2D eigenvalue weighted by molar-refractivity contribution is 7.13. The minimum absolute atomic E-state index is 0.00517. The smallest absolute Gasteiger partial charge is 0.265 e. The lowest BCUT2D eigenvalue weighted by Crippen LogP contribution is -2.42. The number of aryl methyl sites for hydroxylation is 1. The van der Waals surface area contributed by atoms with Gasteiger partial charge in [0.1, 0.15) is 4.88 Å². The summed E-state index contributed by atoms with van der Waals surface area (Å²) in [5.74, 6) is 0.242. The molecule has 6 heteroatoms. The SMILES string of the molecule is Cc1nc(C(C)C)sc1C(=O)N1CCC[C@@H](C(=O)c2cccnc2)C1. The summed E-state index contributed by atoms with van der Waals surface area (Å²) < 4.78 is 0. The second-order valence-electron chi connectivity index (χ2n) is 6.82. The fourth-order valence-corrected chi connectivity index (χ4v) is 4.16. The van der Waals surface area contributed by atoms with E-state index in [0.29, 0.717) is 29.4 Å². The predicted molar refractivity (Wildman–Crippen MR) is 98.1 cm³/mol. The Morgan fingerprint density at radius 2 is 2.16 bits per heavy atom. The number of carbonyl (C=O) groups excluding carboxylic acids is 2. The number of piperidine rings is 1. The average molecular weight is 357 g/mol. The van der Waals surface area contributed by atoms with Gasteiger partial charge in [-0.2, -0.15) is 0 Å². The van der Waals surface area contributed by atoms with Crippen molar-refractivity contribution >= 4 is 23.0 Å². The Morgan fingerprint density at radius 3 is 2.80 bits per heavy atom. The molecule has 132 valence electrons. The molecule has 1 saturated heterocycles. The molecule has 0 unspecified atom stereocenters. The van der Waals surface area contributed by atoms with Crippen LogP contribution in [0, 0.1) is 12.8 Å². The third-order valence-electron chi connectivity index (χ3n) is 4.53. The monoisotopic (exact) mass is 357 g/mol. The second-order valence-corrected chi connectivity index (χ2v) is 7.85. The van der Waals surface area contributed by atoms with Crippen molar-refractivity contribution in [2.24, 2.45) is 5.92 Å². The molecule has 3 heterocycles. The Kier molecular flexibility index (Phi) is 5.27. The highest BCUT2D eigenvalue weighted by atomic mass is 32.1. The van der Waals surface area contributed by atoms with Gasteiger partial charge in [-0.3, -0.25) is 14.6 Å². The van der Waals surface area contributed by atoms with Gasteiger partial charge in [-0.05, 0) is 31.9 Å². The highest BCUT2D eigenvalue weighted by Gasteiger charge is 2.31. The molecule has 0 aliphatic carbocycles. The fourth-order valence-electron chi connectivity index (χ4n) is 3.13. The van der Waals surface area contributed by atoms with Gasteiger partial charge in [0.15, 0.2) is 5.78 Å². The molecule has 25 heavy (non-hydrogen) atoms. The van der Waals surface area contributed by atoms with Gasteiger partial charge in [0.05, 0.1) is 10.7 Å². The lowest BCUT2D eigenvalue weighted by atomic mass is 9.90. The number of likely N-dealkylation sites (tertiary alicyclic amines) is 1. The van der Waals surface area contributed by atoms with Crippen LogP contribution in [0.3, 0.4) is 0 Å². The summed E-state index contributed by atoms with van der Waals surface area (Å²) in [6.07, 6.45) is 4.92. The van der Waals surface area contributed by atoms with E-state index < -0.39 is 0 Å². The topological polar surface area (TPSA) is 63.2 Å². The molecule has 2 aromatic rings. The Labute approximate surface area is 152 Å². The lowest BCUT2D eigenvalue weighted by Gasteiger charge is -2.31. The van der Waals surface area contributed by atoms with Crippen LogP contribution in [0.25, 0.3) is 0 Å². The van der Waals surface area contributed by atoms with E-state index in [1.165, 1.54) is 11.3 Å². The van der Waals surface area contributed by atoms with Crippen molar-refractivity contribution in [3.05, 3.63) is 45.7 Å². The van der Waals surface area contributed by atoms with Gasteiger partial charge in [0.2, 0.25) is 0 Å². The molecule has 0 bridgehead atoms. The first-order chi connectivity index (χ1) is 12.0. The number of ketones is 1. The summed E-state index contributed by atoms with van der Waals surface area (Å²) in [6.45, 7) is 7.22. The number of nitrogens with zero attached hydrogens (tertiary/aromatic N) is 3. The van der Waals surface area contributed by atoms with Crippen LogP contribution in [0.1, 0.15) is 63.3 Å². The standard InChI is InChI=1S/C19H23N3O2S/c1-12(2)18-21-13(3)17(25-18)19(24)22-9-5-7-15(11-22)16(23)14-6-4-8-20-10-14/h4,6,8,10,12,15H,5,7,9,11H2,1-3H3/t15-/m1/s1. The van der Waals surface area contributed by atoms with Gasteiger partial charge in [-0.25, -0.2) is 4.98 Å². The molecule has 0 spiro atoms. The largest absolute Gasteiger partial charge is 0.337 e. The number of Topliss-reactive ketones (excluding diaryl/α,β-unsaturated/α-hetero) is 1. The maximum Gasteiger partial charge on any atom is 0.265 e. The van der Waals surface area contributed by atoms with Crippen LogP contribution in [0.15, 0.2) is 24.5 Å². The van der Waals surface area contributed by atoms with Crippen LogP contribution in [0.2, 0.25) is 0 Å². The maximum atomic E-state index is 12.9. The Balaban J connectivity index is 1.75. The van der Waals surface area contributed by atoms with Gasteiger partial charge in [0, 0.05) is 42.9 Å². The Hall–Kier alpha value is -2.08. The van der Waals surface area contributed by atoms with Crippen LogP contribution in [0.5, 0.6) is 0 Å². The van der Waals surface area contributed by atoms with Gasteiger partial charge in [0.25, 0.3) is 5.91 Å². The van der Waals surface area contributed by atoms with Crippen molar-refractivity contribution in [2.75, 3.05) is 13.1 Å².